The van der Waals surface area contributed by atoms with Crippen LogP contribution < -0.4 is 5.32 Å². The predicted molar refractivity (Wildman–Crippen MR) is 379 cm³/mol. The van der Waals surface area contributed by atoms with E-state index in [1.807, 2.05) is 0 Å². The third kappa shape index (κ3) is 70.9. The molecule has 1 amide bonds. The molecule has 0 aromatic rings. The van der Waals surface area contributed by atoms with E-state index >= 15 is 0 Å². The molecule has 3 N–H and O–H groups in total. The van der Waals surface area contributed by atoms with Gasteiger partial charge in [-0.2, -0.15) is 0 Å². The van der Waals surface area contributed by atoms with Crippen LogP contribution in [0.15, 0.2) is 48.6 Å². The standard InChI is InChI=1S/C80H151NO5/c1-3-5-7-9-11-13-15-17-19-20-21-22-32-35-38-41-45-48-52-56-60-64-68-72-78(83)77(76-82)81-79(84)73-69-65-61-57-53-49-46-42-39-36-33-30-28-26-24-23-25-27-29-31-34-37-40-43-47-51-55-59-63-67-71-75-86-80(85)74-70-66-62-58-54-50-44-18-16-14-12-10-8-6-4-2/h12,14,18,25,27,31,34,44,77-78,82-83H,3-11,13,15-17,19-24,26,28-30,32-33,35-43,45-76H2,1-2H3,(H,81,84)/b14-12-,27-25-,34-31-,44-18-. The molecule has 0 heterocycles. The molecule has 0 saturated carbocycles. The zero-order chi connectivity index (χ0) is 62.0. The molecule has 6 nitrogen and oxygen atoms in total. The third-order valence-corrected chi connectivity index (χ3v) is 18.1. The molecule has 6 heteroatoms. The molecule has 0 fully saturated rings. The summed E-state index contributed by atoms with van der Waals surface area (Å²) >= 11 is 0. The molecular formula is C80H151NO5. The molecule has 0 saturated heterocycles. The summed E-state index contributed by atoms with van der Waals surface area (Å²) in [5.41, 5.74) is 0. The van der Waals surface area contributed by atoms with Gasteiger partial charge in [0.15, 0.2) is 0 Å². The van der Waals surface area contributed by atoms with Crippen molar-refractivity contribution < 1.29 is 24.5 Å². The number of esters is 1. The van der Waals surface area contributed by atoms with E-state index in [9.17, 15) is 19.8 Å². The Balaban J connectivity index is 3.40. The molecule has 506 valence electrons. The van der Waals surface area contributed by atoms with Crippen molar-refractivity contribution in [1.82, 2.24) is 5.32 Å². The Morgan fingerprint density at radius 3 is 0.907 bits per heavy atom. The van der Waals surface area contributed by atoms with Crippen molar-refractivity contribution in [2.45, 2.75) is 437 Å². The molecule has 0 rings (SSSR count). The number of ether oxygens (including phenoxy) is 1. The van der Waals surface area contributed by atoms with Crippen molar-refractivity contribution in [3.05, 3.63) is 48.6 Å². The van der Waals surface area contributed by atoms with Crippen LogP contribution in [0, 0.1) is 0 Å². The second kappa shape index (κ2) is 75.3. The van der Waals surface area contributed by atoms with Crippen LogP contribution >= 0.6 is 0 Å². The molecule has 2 unspecified atom stereocenters. The smallest absolute Gasteiger partial charge is 0.305 e. The summed E-state index contributed by atoms with van der Waals surface area (Å²) in [6, 6.07) is -0.543. The van der Waals surface area contributed by atoms with Crippen LogP contribution in [0.1, 0.15) is 425 Å². The van der Waals surface area contributed by atoms with Gasteiger partial charge >= 0.3 is 5.97 Å². The molecule has 0 aromatic carbocycles. The predicted octanol–water partition coefficient (Wildman–Crippen LogP) is 25.6. The molecule has 0 bridgehead atoms. The van der Waals surface area contributed by atoms with E-state index in [4.69, 9.17) is 4.74 Å². The quantitative estimate of drug-likeness (QED) is 0.0320. The van der Waals surface area contributed by atoms with Crippen molar-refractivity contribution in [3.63, 3.8) is 0 Å². The van der Waals surface area contributed by atoms with Gasteiger partial charge in [0.2, 0.25) is 5.91 Å². The monoisotopic (exact) mass is 1210 g/mol. The lowest BCUT2D eigenvalue weighted by molar-refractivity contribution is -0.143. The number of hydrogen-bond acceptors (Lipinski definition) is 5. The number of allylic oxidation sites excluding steroid dienone is 8. The van der Waals surface area contributed by atoms with Gasteiger partial charge in [0.25, 0.3) is 0 Å². The van der Waals surface area contributed by atoms with Crippen LogP contribution in [0.5, 0.6) is 0 Å². The number of carbonyl (C=O) groups excluding carboxylic acids is 2. The van der Waals surface area contributed by atoms with Gasteiger partial charge in [-0.05, 0) is 89.9 Å². The summed E-state index contributed by atoms with van der Waals surface area (Å²) in [5, 5.41) is 23.5. The third-order valence-electron chi connectivity index (χ3n) is 18.1. The maximum absolute atomic E-state index is 12.6. The van der Waals surface area contributed by atoms with E-state index < -0.39 is 12.1 Å². The Morgan fingerprint density at radius 2 is 0.581 bits per heavy atom. The minimum atomic E-state index is -0.666. The summed E-state index contributed by atoms with van der Waals surface area (Å²) in [6.07, 6.45) is 99.0. The first-order chi connectivity index (χ1) is 42.5. The topological polar surface area (TPSA) is 95.9 Å². The fraction of sp³-hybridized carbons (Fsp3) is 0.875. The molecule has 0 radical (unpaired) electrons. The highest BCUT2D eigenvalue weighted by atomic mass is 16.5. The van der Waals surface area contributed by atoms with Crippen molar-refractivity contribution in [2.75, 3.05) is 13.2 Å². The highest BCUT2D eigenvalue weighted by Gasteiger charge is 2.20. The first-order valence-corrected chi connectivity index (χ1v) is 38.9. The molecule has 86 heavy (non-hydrogen) atoms. The molecule has 2 atom stereocenters. The van der Waals surface area contributed by atoms with Crippen LogP contribution in [0.4, 0.5) is 0 Å². The Morgan fingerprint density at radius 1 is 0.326 bits per heavy atom. The van der Waals surface area contributed by atoms with Gasteiger partial charge in [-0.1, -0.05) is 371 Å². The van der Waals surface area contributed by atoms with Crippen LogP contribution in [0.25, 0.3) is 0 Å². The Labute approximate surface area is 537 Å². The minimum Gasteiger partial charge on any atom is -0.466 e. The van der Waals surface area contributed by atoms with Crippen molar-refractivity contribution in [1.29, 1.82) is 0 Å². The van der Waals surface area contributed by atoms with E-state index in [-0.39, 0.29) is 18.5 Å². The normalized spacial score (nSPS) is 12.7. The number of carbonyl (C=O) groups is 2. The number of unbranched alkanes of at least 4 members (excludes halogenated alkanes) is 54. The van der Waals surface area contributed by atoms with Gasteiger partial charge in [0.05, 0.1) is 25.4 Å². The Bertz CT molecular complexity index is 1440. The average Bonchev–Trinajstić information content (AvgIpc) is 3.54. The zero-order valence-electron chi connectivity index (χ0n) is 58.1. The summed E-state index contributed by atoms with van der Waals surface area (Å²) in [7, 11) is 0. The van der Waals surface area contributed by atoms with Gasteiger partial charge in [0, 0.05) is 12.8 Å². The summed E-state index contributed by atoms with van der Waals surface area (Å²) in [6.45, 7) is 4.96. The highest BCUT2D eigenvalue weighted by Crippen LogP contribution is 2.19. The van der Waals surface area contributed by atoms with Crippen LogP contribution in [-0.2, 0) is 14.3 Å². The van der Waals surface area contributed by atoms with Gasteiger partial charge in [0.1, 0.15) is 0 Å². The van der Waals surface area contributed by atoms with Gasteiger partial charge in [-0.15, -0.1) is 0 Å². The largest absolute Gasteiger partial charge is 0.466 e. The minimum absolute atomic E-state index is 0.000432. The van der Waals surface area contributed by atoms with E-state index in [1.165, 1.54) is 334 Å². The second-order valence-corrected chi connectivity index (χ2v) is 26.7. The fourth-order valence-corrected chi connectivity index (χ4v) is 12.2. The molecule has 0 aliphatic heterocycles. The van der Waals surface area contributed by atoms with E-state index in [0.29, 0.717) is 25.9 Å². The summed E-state index contributed by atoms with van der Waals surface area (Å²) < 4.78 is 5.48. The highest BCUT2D eigenvalue weighted by molar-refractivity contribution is 5.76. The van der Waals surface area contributed by atoms with Crippen LogP contribution in [-0.4, -0.2) is 47.4 Å². The molecule has 0 aliphatic rings. The number of aliphatic hydroxyl groups is 2. The lowest BCUT2D eigenvalue weighted by Crippen LogP contribution is -2.45. The summed E-state index contributed by atoms with van der Waals surface area (Å²) in [4.78, 5) is 24.6. The van der Waals surface area contributed by atoms with Gasteiger partial charge in [-0.25, -0.2) is 0 Å². The van der Waals surface area contributed by atoms with E-state index in [0.717, 1.165) is 57.8 Å². The fourth-order valence-electron chi connectivity index (χ4n) is 12.2. The van der Waals surface area contributed by atoms with Crippen molar-refractivity contribution in [2.24, 2.45) is 0 Å². The zero-order valence-corrected chi connectivity index (χ0v) is 58.1. The maximum Gasteiger partial charge on any atom is 0.305 e. The van der Waals surface area contributed by atoms with Crippen molar-refractivity contribution >= 4 is 11.9 Å². The Hall–Kier alpha value is -2.18. The van der Waals surface area contributed by atoms with Gasteiger partial charge < -0.3 is 20.3 Å². The van der Waals surface area contributed by atoms with Gasteiger partial charge in [-0.3, -0.25) is 9.59 Å². The first kappa shape index (κ1) is 83.8. The van der Waals surface area contributed by atoms with Crippen LogP contribution in [0.2, 0.25) is 0 Å². The first-order valence-electron chi connectivity index (χ1n) is 38.9. The summed E-state index contributed by atoms with van der Waals surface area (Å²) in [5.74, 6) is -0.0302. The van der Waals surface area contributed by atoms with E-state index in [2.05, 4.69) is 67.8 Å². The number of rotatable bonds is 73. The Kier molecular flexibility index (Phi) is 73.4. The molecule has 0 spiro atoms. The SMILES string of the molecule is CCCCC/C=C\C/C=C\CCCCCCCC(=O)OCCCCCCCCCCC/C=C\C/C=C\CCCCCCCCCCCCCCCCCC(=O)NC(CO)C(O)CCCCCCCCCCCCCCCCCCCCCCCCC. The lowest BCUT2D eigenvalue weighted by atomic mass is 10.0. The number of nitrogens with one attached hydrogen (secondary N) is 1. The van der Waals surface area contributed by atoms with Crippen LogP contribution in [0.3, 0.4) is 0 Å². The van der Waals surface area contributed by atoms with E-state index in [1.54, 1.807) is 0 Å². The number of amides is 1. The maximum atomic E-state index is 12.6. The lowest BCUT2D eigenvalue weighted by Gasteiger charge is -2.22. The number of aliphatic hydroxyl groups excluding tert-OH is 2. The molecule has 0 aromatic heterocycles. The molecular weight excluding hydrogens is 1050 g/mol. The average molecular weight is 1210 g/mol. The number of hydrogen-bond donors (Lipinski definition) is 3. The van der Waals surface area contributed by atoms with Crippen molar-refractivity contribution in [3.8, 4) is 0 Å². The molecule has 0 aliphatic carbocycles. The second-order valence-electron chi connectivity index (χ2n) is 26.7.